The predicted molar refractivity (Wildman–Crippen MR) is 212 cm³/mol. The molecule has 0 radical (unpaired) electrons. The molecule has 1 aliphatic carbocycles. The van der Waals surface area contributed by atoms with E-state index in [9.17, 15) is 13.2 Å². The number of benzene rings is 2. The van der Waals surface area contributed by atoms with E-state index in [1.807, 2.05) is 31.2 Å². The lowest BCUT2D eigenvalue weighted by Gasteiger charge is -2.53. The van der Waals surface area contributed by atoms with Crippen molar-refractivity contribution in [1.82, 2.24) is 14.5 Å². The highest BCUT2D eigenvalue weighted by molar-refractivity contribution is 7.90. The highest BCUT2D eigenvalue weighted by Crippen LogP contribution is 2.47. The van der Waals surface area contributed by atoms with Crippen LogP contribution in [-0.4, -0.2) is 93.4 Å². The summed E-state index contributed by atoms with van der Waals surface area (Å²) in [4.78, 5) is 21.4. The van der Waals surface area contributed by atoms with Crippen LogP contribution >= 0.6 is 11.6 Å². The first-order chi connectivity index (χ1) is 25.7. The molecule has 2 saturated heterocycles. The third kappa shape index (κ3) is 8.77. The van der Waals surface area contributed by atoms with E-state index in [2.05, 4.69) is 44.6 Å². The maximum absolute atomic E-state index is 13.7. The van der Waals surface area contributed by atoms with Crippen molar-refractivity contribution in [3.63, 3.8) is 0 Å². The van der Waals surface area contributed by atoms with Gasteiger partial charge in [-0.25, -0.2) is 13.1 Å². The summed E-state index contributed by atoms with van der Waals surface area (Å²) in [7, 11) is -3.91. The molecule has 3 fully saturated rings. The van der Waals surface area contributed by atoms with Gasteiger partial charge in [0.15, 0.2) is 0 Å². The number of carbonyl (C=O) groups is 1. The van der Waals surface area contributed by atoms with Gasteiger partial charge in [-0.1, -0.05) is 43.2 Å². The Labute approximate surface area is 322 Å². The van der Waals surface area contributed by atoms with Gasteiger partial charge in [0, 0.05) is 62.5 Å². The highest BCUT2D eigenvalue weighted by atomic mass is 35.5. The lowest BCUT2D eigenvalue weighted by atomic mass is 9.63. The van der Waals surface area contributed by atoms with Crippen LogP contribution in [-0.2, 0) is 27.8 Å². The van der Waals surface area contributed by atoms with E-state index in [0.29, 0.717) is 61.7 Å². The van der Waals surface area contributed by atoms with Crippen LogP contribution in [0.4, 0.5) is 5.69 Å². The molecule has 2 aromatic rings. The minimum absolute atomic E-state index is 0.308. The van der Waals surface area contributed by atoms with Gasteiger partial charge in [0.05, 0.1) is 10.9 Å². The molecule has 290 valence electrons. The average molecular weight is 767 g/mol. The molecule has 5 atom stereocenters. The second-order valence-electron chi connectivity index (χ2n) is 16.0. The maximum Gasteiger partial charge on any atom is 0.264 e. The number of anilines is 1. The fourth-order valence-electron chi connectivity index (χ4n) is 9.69. The topological polar surface area (TPSA) is 91.4 Å². The molecule has 53 heavy (non-hydrogen) atoms. The number of amides is 1. The quantitative estimate of drug-likeness (QED) is 0.319. The molecule has 2 aromatic carbocycles. The van der Waals surface area contributed by atoms with Gasteiger partial charge in [0.25, 0.3) is 5.91 Å². The third-order valence-corrected chi connectivity index (χ3v) is 14.9. The largest absolute Gasteiger partial charge is 0.487 e. The van der Waals surface area contributed by atoms with Crippen LogP contribution in [0.2, 0.25) is 5.02 Å². The molecule has 4 aliphatic heterocycles. The summed E-state index contributed by atoms with van der Waals surface area (Å²) in [5.74, 6) is 0.780. The first-order valence-corrected chi connectivity index (χ1v) is 22.2. The number of fused-ring (bicyclic) bond motifs is 4. The van der Waals surface area contributed by atoms with Crippen molar-refractivity contribution in [2.45, 2.75) is 108 Å². The SMILES string of the molecule is CCO[C@]1(CN2CCN3CCCC[C@@H]3C2)/C=C/CC[C@@H](CC)S(=O)(=O)NC(=O)c2ccc3c(c2)N(CCCCc2cc(Cl)ccc2CO3)C[C@@H]2CC[C@H]21. The van der Waals surface area contributed by atoms with Crippen molar-refractivity contribution < 1.29 is 22.7 Å². The van der Waals surface area contributed by atoms with E-state index >= 15 is 0 Å². The van der Waals surface area contributed by atoms with Gasteiger partial charge >= 0.3 is 0 Å². The summed E-state index contributed by atoms with van der Waals surface area (Å²) in [6.45, 7) is 11.9. The Morgan fingerprint density at radius 1 is 0.943 bits per heavy atom. The molecule has 0 spiro atoms. The maximum atomic E-state index is 13.7. The zero-order valence-corrected chi connectivity index (χ0v) is 33.3. The van der Waals surface area contributed by atoms with Gasteiger partial charge in [-0.05, 0) is 131 Å². The first-order valence-electron chi connectivity index (χ1n) is 20.3. The number of hydrogen-bond donors (Lipinski definition) is 1. The predicted octanol–water partition coefficient (Wildman–Crippen LogP) is 7.22. The molecule has 0 unspecified atom stereocenters. The Balaban J connectivity index is 1.25. The lowest BCUT2D eigenvalue weighted by Crippen LogP contribution is -2.61. The van der Waals surface area contributed by atoms with E-state index in [-0.39, 0.29) is 0 Å². The fraction of sp³-hybridized carbons (Fsp3) is 0.643. The van der Waals surface area contributed by atoms with Gasteiger partial charge in [0.2, 0.25) is 10.0 Å². The molecular formula is C42H59ClN4O5S. The smallest absolute Gasteiger partial charge is 0.264 e. The van der Waals surface area contributed by atoms with Crippen molar-refractivity contribution in [2.24, 2.45) is 11.8 Å². The van der Waals surface area contributed by atoms with Crippen LogP contribution in [0.3, 0.4) is 0 Å². The molecule has 7 rings (SSSR count). The molecule has 0 aromatic heterocycles. The number of nitrogens with one attached hydrogen (secondary N) is 1. The minimum atomic E-state index is -3.91. The van der Waals surface area contributed by atoms with Gasteiger partial charge in [-0.15, -0.1) is 0 Å². The first kappa shape index (κ1) is 38.6. The number of aryl methyl sites for hydroxylation is 1. The van der Waals surface area contributed by atoms with Crippen molar-refractivity contribution >= 4 is 33.2 Å². The molecular weight excluding hydrogens is 708 g/mol. The van der Waals surface area contributed by atoms with Crippen LogP contribution in [0, 0.1) is 11.8 Å². The highest BCUT2D eigenvalue weighted by Gasteiger charge is 2.49. The monoisotopic (exact) mass is 766 g/mol. The van der Waals surface area contributed by atoms with E-state index in [1.165, 1.54) is 31.4 Å². The second kappa shape index (κ2) is 17.0. The number of hydrogen-bond acceptors (Lipinski definition) is 8. The summed E-state index contributed by atoms with van der Waals surface area (Å²) in [5.41, 5.74) is 2.98. The van der Waals surface area contributed by atoms with Crippen LogP contribution < -0.4 is 14.4 Å². The normalized spacial score (nSPS) is 30.6. The number of sulfonamides is 1. The summed E-state index contributed by atoms with van der Waals surface area (Å²) >= 11 is 6.42. The number of piperazine rings is 1. The Hall–Kier alpha value is -2.63. The van der Waals surface area contributed by atoms with Gasteiger partial charge in [-0.2, -0.15) is 0 Å². The fourth-order valence-corrected chi connectivity index (χ4v) is 11.3. The van der Waals surface area contributed by atoms with E-state index in [4.69, 9.17) is 21.1 Å². The molecule has 9 nitrogen and oxygen atoms in total. The molecule has 4 heterocycles. The zero-order valence-electron chi connectivity index (χ0n) is 31.7. The van der Waals surface area contributed by atoms with Crippen molar-refractivity contribution in [1.29, 1.82) is 0 Å². The number of ether oxygens (including phenoxy) is 2. The Morgan fingerprint density at radius 2 is 1.81 bits per heavy atom. The number of halogens is 1. The Bertz CT molecular complexity index is 1740. The molecule has 11 heteroatoms. The molecule has 2 bridgehead atoms. The minimum Gasteiger partial charge on any atom is -0.487 e. The van der Waals surface area contributed by atoms with Gasteiger partial charge < -0.3 is 14.4 Å². The molecule has 5 aliphatic rings. The standard InChI is InChI=1S/C42H59ClN4O5S/c1-3-37-13-5-8-20-42(52-4-2,30-45-23-24-46-21-10-7-12-36(46)28-45)38-18-15-33(38)27-47-22-9-6-11-31-25-35(43)17-14-34(31)29-51-40-19-16-32(26-39(40)47)41(48)44-53(37,49)50/h8,14,16-17,19-20,25-26,33,36-38H,3-7,9-13,15,18,21-24,27-30H2,1-2H3,(H,44,48)/b20-8+/t33-,36+,37+,38+,42-/m0/s1. The van der Waals surface area contributed by atoms with Crippen molar-refractivity contribution in [3.8, 4) is 5.75 Å². The third-order valence-electron chi connectivity index (χ3n) is 12.7. The number of piperidine rings is 1. The van der Waals surface area contributed by atoms with Crippen LogP contribution in [0.1, 0.15) is 99.5 Å². The summed E-state index contributed by atoms with van der Waals surface area (Å²) in [6, 6.07) is 12.0. The Kier molecular flexibility index (Phi) is 12.4. The number of nitrogens with zero attached hydrogens (tertiary/aromatic N) is 3. The average Bonchev–Trinajstić information content (AvgIpc) is 3.16. The van der Waals surface area contributed by atoms with Crippen LogP contribution in [0.25, 0.3) is 0 Å². The van der Waals surface area contributed by atoms with Crippen molar-refractivity contribution in [3.05, 3.63) is 70.3 Å². The second-order valence-corrected chi connectivity index (χ2v) is 18.4. The van der Waals surface area contributed by atoms with Gasteiger partial charge in [-0.3, -0.25) is 14.6 Å². The molecule has 1 amide bonds. The molecule has 1 N–H and O–H groups in total. The Morgan fingerprint density at radius 3 is 2.62 bits per heavy atom. The summed E-state index contributed by atoms with van der Waals surface area (Å²) < 4.78 is 43.3. The van der Waals surface area contributed by atoms with Crippen LogP contribution in [0.5, 0.6) is 5.75 Å². The number of rotatable bonds is 5. The summed E-state index contributed by atoms with van der Waals surface area (Å²) in [6.07, 6.45) is 14.9. The van der Waals surface area contributed by atoms with Crippen LogP contribution in [0.15, 0.2) is 48.6 Å². The zero-order chi connectivity index (χ0) is 37.0. The number of carbonyl (C=O) groups excluding carboxylic acids is 1. The molecule has 1 saturated carbocycles. The summed E-state index contributed by atoms with van der Waals surface area (Å²) in [5, 5.41) is 0.0408. The number of allylic oxidation sites excluding steroid dienone is 1. The van der Waals surface area contributed by atoms with Gasteiger partial charge in [0.1, 0.15) is 18.0 Å². The van der Waals surface area contributed by atoms with E-state index in [0.717, 1.165) is 87.6 Å². The lowest BCUT2D eigenvalue weighted by molar-refractivity contribution is -0.116. The van der Waals surface area contributed by atoms with E-state index < -0.39 is 26.8 Å². The van der Waals surface area contributed by atoms with E-state index in [1.54, 1.807) is 6.07 Å². The van der Waals surface area contributed by atoms with Crippen molar-refractivity contribution in [2.75, 3.05) is 57.3 Å².